The second kappa shape index (κ2) is 6.72. The fraction of sp³-hybridized carbons (Fsp3) is 0.368. The van der Waals surface area contributed by atoms with Gasteiger partial charge in [0.05, 0.1) is 7.11 Å². The molecule has 0 aliphatic carbocycles. The number of aromatic nitrogens is 4. The van der Waals surface area contributed by atoms with Crippen LogP contribution in [-0.4, -0.2) is 51.2 Å². The first kappa shape index (κ1) is 15.9. The summed E-state index contributed by atoms with van der Waals surface area (Å²) in [5, 5.41) is 0. The molecular formula is C19H23N5O. The summed E-state index contributed by atoms with van der Waals surface area (Å²) < 4.78 is 9.60. The third-order valence-corrected chi connectivity index (χ3v) is 4.85. The van der Waals surface area contributed by atoms with Crippen molar-refractivity contribution in [2.24, 2.45) is 0 Å². The van der Waals surface area contributed by atoms with Gasteiger partial charge >= 0.3 is 0 Å². The third kappa shape index (κ3) is 3.05. The summed E-state index contributed by atoms with van der Waals surface area (Å²) in [6.07, 6.45) is 10.1. The minimum atomic E-state index is 0.442. The number of likely N-dealkylation sites (N-methyl/N-ethyl adjacent to an activating group) is 1. The second-order valence-corrected chi connectivity index (χ2v) is 6.54. The number of rotatable bonds is 4. The lowest BCUT2D eigenvalue weighted by Gasteiger charge is -2.31. The van der Waals surface area contributed by atoms with Crippen molar-refractivity contribution in [1.29, 1.82) is 0 Å². The molecule has 0 bridgehead atoms. The zero-order valence-corrected chi connectivity index (χ0v) is 14.7. The maximum Gasteiger partial charge on any atom is 0.181 e. The van der Waals surface area contributed by atoms with E-state index in [1.54, 1.807) is 7.11 Å². The molecule has 1 saturated heterocycles. The molecule has 1 unspecified atom stereocenters. The van der Waals surface area contributed by atoms with Crippen molar-refractivity contribution in [2.75, 3.05) is 27.2 Å². The van der Waals surface area contributed by atoms with E-state index in [9.17, 15) is 0 Å². The summed E-state index contributed by atoms with van der Waals surface area (Å²) in [5.41, 5.74) is 1.05. The smallest absolute Gasteiger partial charge is 0.181 e. The molecule has 1 aromatic carbocycles. The first-order valence-electron chi connectivity index (χ1n) is 8.66. The van der Waals surface area contributed by atoms with Crippen molar-refractivity contribution in [3.8, 4) is 23.1 Å². The Hall–Kier alpha value is -2.60. The Balaban J connectivity index is 1.70. The Morgan fingerprint density at radius 3 is 2.56 bits per heavy atom. The topological polar surface area (TPSA) is 48.1 Å². The van der Waals surface area contributed by atoms with Gasteiger partial charge in [0.2, 0.25) is 0 Å². The predicted molar refractivity (Wildman–Crippen MR) is 97.1 cm³/mol. The fourth-order valence-electron chi connectivity index (χ4n) is 3.57. The lowest BCUT2D eigenvalue weighted by atomic mass is 10.1. The van der Waals surface area contributed by atoms with Gasteiger partial charge in [-0.15, -0.1) is 0 Å². The molecular weight excluding hydrogens is 314 g/mol. The SMILES string of the molecule is COc1ccc(-n2ccnc2-c2nccn2C2CCCN(C)C2)cc1. The summed E-state index contributed by atoms with van der Waals surface area (Å²) in [6, 6.07) is 8.43. The highest BCUT2D eigenvalue weighted by molar-refractivity contribution is 5.52. The highest BCUT2D eigenvalue weighted by atomic mass is 16.5. The molecule has 1 aliphatic rings. The van der Waals surface area contributed by atoms with E-state index in [-0.39, 0.29) is 0 Å². The summed E-state index contributed by atoms with van der Waals surface area (Å²) in [7, 11) is 3.86. The minimum absolute atomic E-state index is 0.442. The predicted octanol–water partition coefficient (Wildman–Crippen LogP) is 3.01. The van der Waals surface area contributed by atoms with E-state index in [2.05, 4.69) is 37.2 Å². The molecule has 1 aliphatic heterocycles. The minimum Gasteiger partial charge on any atom is -0.497 e. The van der Waals surface area contributed by atoms with Gasteiger partial charge in [0.25, 0.3) is 0 Å². The van der Waals surface area contributed by atoms with Crippen LogP contribution in [0.15, 0.2) is 49.1 Å². The van der Waals surface area contributed by atoms with Gasteiger partial charge in [-0.2, -0.15) is 0 Å². The van der Waals surface area contributed by atoms with E-state index in [1.165, 1.54) is 19.4 Å². The van der Waals surface area contributed by atoms with Crippen LogP contribution in [0.5, 0.6) is 5.75 Å². The summed E-state index contributed by atoms with van der Waals surface area (Å²) in [4.78, 5) is 11.6. The van der Waals surface area contributed by atoms with Crippen LogP contribution in [0, 0.1) is 0 Å². The van der Waals surface area contributed by atoms with E-state index in [4.69, 9.17) is 4.74 Å². The molecule has 0 spiro atoms. The molecule has 130 valence electrons. The van der Waals surface area contributed by atoms with Gasteiger partial charge in [-0.05, 0) is 50.7 Å². The number of methoxy groups -OCH3 is 1. The van der Waals surface area contributed by atoms with Crippen LogP contribution in [0.4, 0.5) is 0 Å². The monoisotopic (exact) mass is 337 g/mol. The molecule has 0 amide bonds. The number of imidazole rings is 2. The van der Waals surface area contributed by atoms with Crippen molar-refractivity contribution < 1.29 is 4.74 Å². The third-order valence-electron chi connectivity index (χ3n) is 4.85. The maximum atomic E-state index is 5.25. The molecule has 25 heavy (non-hydrogen) atoms. The average Bonchev–Trinajstić information content (AvgIpc) is 3.30. The van der Waals surface area contributed by atoms with Crippen LogP contribution < -0.4 is 4.74 Å². The number of benzene rings is 1. The van der Waals surface area contributed by atoms with E-state index in [0.29, 0.717) is 6.04 Å². The van der Waals surface area contributed by atoms with Crippen LogP contribution in [-0.2, 0) is 0 Å². The van der Waals surface area contributed by atoms with Gasteiger partial charge in [0.1, 0.15) is 5.75 Å². The maximum absolute atomic E-state index is 5.25. The van der Waals surface area contributed by atoms with Crippen LogP contribution in [0.3, 0.4) is 0 Å². The average molecular weight is 337 g/mol. The van der Waals surface area contributed by atoms with Crippen molar-refractivity contribution >= 4 is 0 Å². The molecule has 2 aromatic heterocycles. The van der Waals surface area contributed by atoms with Crippen molar-refractivity contribution in [2.45, 2.75) is 18.9 Å². The van der Waals surface area contributed by atoms with Gasteiger partial charge in [-0.3, -0.25) is 4.57 Å². The number of piperidine rings is 1. The standard InChI is InChI=1S/C19H23N5O/c1-22-11-3-4-16(14-22)24-13-10-21-19(24)18-20-9-12-23(18)15-5-7-17(25-2)8-6-15/h5-10,12-13,16H,3-4,11,14H2,1-2H3. The summed E-state index contributed by atoms with van der Waals surface area (Å²) in [6.45, 7) is 2.22. The zero-order valence-electron chi connectivity index (χ0n) is 14.7. The molecule has 0 N–H and O–H groups in total. The van der Waals surface area contributed by atoms with Crippen LogP contribution in [0.1, 0.15) is 18.9 Å². The van der Waals surface area contributed by atoms with Crippen molar-refractivity contribution in [3.63, 3.8) is 0 Å². The molecule has 4 rings (SSSR count). The summed E-state index contributed by atoms with van der Waals surface area (Å²) >= 11 is 0. The molecule has 6 nitrogen and oxygen atoms in total. The lowest BCUT2D eigenvalue weighted by molar-refractivity contribution is 0.213. The Morgan fingerprint density at radius 1 is 1.04 bits per heavy atom. The van der Waals surface area contributed by atoms with Gasteiger partial charge in [-0.25, -0.2) is 9.97 Å². The van der Waals surface area contributed by atoms with E-state index in [1.807, 2.05) is 42.9 Å². The Kier molecular flexibility index (Phi) is 4.28. The van der Waals surface area contributed by atoms with E-state index < -0.39 is 0 Å². The van der Waals surface area contributed by atoms with Crippen molar-refractivity contribution in [1.82, 2.24) is 24.0 Å². The van der Waals surface area contributed by atoms with Crippen LogP contribution in [0.2, 0.25) is 0 Å². The second-order valence-electron chi connectivity index (χ2n) is 6.54. The summed E-state index contributed by atoms with van der Waals surface area (Å²) in [5.74, 6) is 2.63. The largest absolute Gasteiger partial charge is 0.497 e. The van der Waals surface area contributed by atoms with Crippen LogP contribution in [0.25, 0.3) is 17.3 Å². The van der Waals surface area contributed by atoms with Gasteiger partial charge < -0.3 is 14.2 Å². The first-order chi connectivity index (χ1) is 12.3. The number of ether oxygens (including phenoxy) is 1. The van der Waals surface area contributed by atoms with Crippen molar-refractivity contribution in [3.05, 3.63) is 49.1 Å². The molecule has 6 heteroatoms. The number of hydrogen-bond acceptors (Lipinski definition) is 4. The van der Waals surface area contributed by atoms with Crippen LogP contribution >= 0.6 is 0 Å². The van der Waals surface area contributed by atoms with Gasteiger partial charge in [-0.1, -0.05) is 0 Å². The highest BCUT2D eigenvalue weighted by Gasteiger charge is 2.23. The Bertz CT molecular complexity index is 836. The lowest BCUT2D eigenvalue weighted by Crippen LogP contribution is -2.33. The number of likely N-dealkylation sites (tertiary alicyclic amines) is 1. The Morgan fingerprint density at radius 2 is 1.80 bits per heavy atom. The Labute approximate surface area is 147 Å². The number of nitrogens with zero attached hydrogens (tertiary/aromatic N) is 5. The van der Waals surface area contributed by atoms with E-state index >= 15 is 0 Å². The fourth-order valence-corrected chi connectivity index (χ4v) is 3.57. The quantitative estimate of drug-likeness (QED) is 0.734. The van der Waals surface area contributed by atoms with Gasteiger partial charge in [0, 0.05) is 43.1 Å². The molecule has 0 radical (unpaired) electrons. The molecule has 0 saturated carbocycles. The normalized spacial score (nSPS) is 18.4. The zero-order chi connectivity index (χ0) is 17.2. The molecule has 1 fully saturated rings. The molecule has 1 atom stereocenters. The van der Waals surface area contributed by atoms with E-state index in [0.717, 1.165) is 29.6 Å². The number of hydrogen-bond donors (Lipinski definition) is 0. The highest BCUT2D eigenvalue weighted by Crippen LogP contribution is 2.28. The first-order valence-corrected chi connectivity index (χ1v) is 8.66. The molecule has 3 heterocycles. The molecule has 3 aromatic rings. The van der Waals surface area contributed by atoms with Gasteiger partial charge in [0.15, 0.2) is 11.6 Å².